The number of rotatable bonds is 4. The molecule has 1 aliphatic rings. The number of H-pyrrole nitrogens is 1. The average Bonchev–Trinajstić information content (AvgIpc) is 3.34. The molecule has 0 unspecified atom stereocenters. The van der Waals surface area contributed by atoms with Gasteiger partial charge in [0.15, 0.2) is 11.5 Å². The van der Waals surface area contributed by atoms with Crippen molar-refractivity contribution in [3.63, 3.8) is 0 Å². The molecule has 2 amide bonds. The lowest BCUT2D eigenvalue weighted by Crippen LogP contribution is -2.54. The van der Waals surface area contributed by atoms with Gasteiger partial charge in [0, 0.05) is 55.0 Å². The summed E-state index contributed by atoms with van der Waals surface area (Å²) in [6.07, 6.45) is 4.24. The summed E-state index contributed by atoms with van der Waals surface area (Å²) in [4.78, 5) is 35.9. The van der Waals surface area contributed by atoms with E-state index in [2.05, 4.69) is 26.7 Å². The summed E-state index contributed by atoms with van der Waals surface area (Å²) in [6, 6.07) is 16.8. The molecule has 0 radical (unpaired) electrons. The number of benzene rings is 2. The number of methoxy groups -OCH3 is 1. The van der Waals surface area contributed by atoms with Crippen molar-refractivity contribution in [1.82, 2.24) is 25.5 Å². The zero-order chi connectivity index (χ0) is 30.2. The van der Waals surface area contributed by atoms with Crippen LogP contribution in [-0.4, -0.2) is 77.3 Å². The maximum Gasteiger partial charge on any atom is 0.245 e. The standard InChI is InChI=1S/C33H39N5O5/c1-22(39)32-33(41)35-15-12-26-25-6-3-4-7-27(25)36-28(26)18-24-8-9-29(42-2)30(19-24)43-17-5-16-38(21-31(40)37-32)20-23-10-13-34-14-11-23/h3-4,6-11,13-14,19,22,32,36,39H,5,12,15-18,20-21H2,1-2H3,(H,35,41)(H,37,40)/t22-,32+/m1/s1. The monoisotopic (exact) mass is 585 g/mol. The number of carbonyl (C=O) groups excluding carboxylic acids is 2. The van der Waals surface area contributed by atoms with Gasteiger partial charge in [0.05, 0.1) is 26.4 Å². The lowest BCUT2D eigenvalue weighted by atomic mass is 10.0. The van der Waals surface area contributed by atoms with Crippen LogP contribution in [0.15, 0.2) is 67.0 Å². The molecule has 226 valence electrons. The fraction of sp³-hybridized carbons (Fsp3) is 0.364. The smallest absolute Gasteiger partial charge is 0.245 e. The third kappa shape index (κ3) is 7.71. The van der Waals surface area contributed by atoms with Gasteiger partial charge in [0.25, 0.3) is 0 Å². The number of pyridine rings is 1. The SMILES string of the molecule is COc1ccc2cc1OCCCN(Cc1ccncc1)CC(=O)N[C@@H]([C@@H](C)O)C(=O)NCCc1c([nH]c3ccccc13)C2. The number of ether oxygens (including phenoxy) is 2. The molecule has 1 aliphatic heterocycles. The number of fused-ring (bicyclic) bond motifs is 5. The van der Waals surface area contributed by atoms with E-state index in [1.54, 1.807) is 19.5 Å². The fourth-order valence-electron chi connectivity index (χ4n) is 5.52. The number of amides is 2. The zero-order valence-corrected chi connectivity index (χ0v) is 24.6. The Hall–Kier alpha value is -4.41. The second kappa shape index (κ2) is 14.2. The molecule has 0 spiro atoms. The van der Waals surface area contributed by atoms with E-state index in [9.17, 15) is 14.7 Å². The van der Waals surface area contributed by atoms with Gasteiger partial charge < -0.3 is 30.2 Å². The summed E-state index contributed by atoms with van der Waals surface area (Å²) >= 11 is 0. The van der Waals surface area contributed by atoms with Crippen LogP contribution in [0.1, 0.15) is 35.7 Å². The summed E-state index contributed by atoms with van der Waals surface area (Å²) < 4.78 is 11.8. The largest absolute Gasteiger partial charge is 0.493 e. The van der Waals surface area contributed by atoms with Crippen LogP contribution in [0.3, 0.4) is 0 Å². The van der Waals surface area contributed by atoms with Gasteiger partial charge >= 0.3 is 0 Å². The summed E-state index contributed by atoms with van der Waals surface area (Å²) in [6.45, 7) is 3.42. The Morgan fingerprint density at radius 3 is 2.74 bits per heavy atom. The van der Waals surface area contributed by atoms with Gasteiger partial charge in [-0.2, -0.15) is 0 Å². The van der Waals surface area contributed by atoms with Crippen LogP contribution in [0.25, 0.3) is 10.9 Å². The van der Waals surface area contributed by atoms with Crippen molar-refractivity contribution >= 4 is 22.7 Å². The predicted octanol–water partition coefficient (Wildman–Crippen LogP) is 2.97. The fourth-order valence-corrected chi connectivity index (χ4v) is 5.52. The number of nitrogens with one attached hydrogen (secondary N) is 3. The van der Waals surface area contributed by atoms with E-state index in [1.165, 1.54) is 6.92 Å². The third-order valence-corrected chi connectivity index (χ3v) is 7.67. The van der Waals surface area contributed by atoms with E-state index in [4.69, 9.17) is 9.47 Å². The van der Waals surface area contributed by atoms with Gasteiger partial charge in [0.2, 0.25) is 11.8 Å². The van der Waals surface area contributed by atoms with Crippen LogP contribution in [0.4, 0.5) is 0 Å². The number of aromatic nitrogens is 2. The molecule has 5 rings (SSSR count). The van der Waals surface area contributed by atoms with Crippen molar-refractivity contribution in [3.8, 4) is 11.5 Å². The Morgan fingerprint density at radius 1 is 1.14 bits per heavy atom. The number of hydrogen-bond acceptors (Lipinski definition) is 7. The molecule has 0 aliphatic carbocycles. The minimum atomic E-state index is -1.07. The second-order valence-corrected chi connectivity index (χ2v) is 10.9. The van der Waals surface area contributed by atoms with Crippen molar-refractivity contribution in [3.05, 3.63) is 89.4 Å². The minimum Gasteiger partial charge on any atom is -0.493 e. The highest BCUT2D eigenvalue weighted by atomic mass is 16.5. The molecule has 0 saturated heterocycles. The van der Waals surface area contributed by atoms with Gasteiger partial charge in [-0.05, 0) is 66.8 Å². The van der Waals surface area contributed by atoms with Gasteiger partial charge in [-0.15, -0.1) is 0 Å². The van der Waals surface area contributed by atoms with Crippen molar-refractivity contribution in [1.29, 1.82) is 0 Å². The van der Waals surface area contributed by atoms with Gasteiger partial charge in [-0.3, -0.25) is 19.5 Å². The van der Waals surface area contributed by atoms with Crippen LogP contribution in [0.2, 0.25) is 0 Å². The maximum atomic E-state index is 13.2. The molecule has 2 atom stereocenters. The molecule has 10 nitrogen and oxygen atoms in total. The molecular formula is C33H39N5O5. The second-order valence-electron chi connectivity index (χ2n) is 10.9. The Kier molecular flexibility index (Phi) is 9.91. The van der Waals surface area contributed by atoms with Crippen LogP contribution in [-0.2, 0) is 29.0 Å². The summed E-state index contributed by atoms with van der Waals surface area (Å²) in [5.74, 6) is 0.561. The van der Waals surface area contributed by atoms with Crippen LogP contribution < -0.4 is 20.1 Å². The lowest BCUT2D eigenvalue weighted by molar-refractivity contribution is -0.132. The van der Waals surface area contributed by atoms with E-state index in [0.717, 1.165) is 33.3 Å². The quantitative estimate of drug-likeness (QED) is 0.290. The van der Waals surface area contributed by atoms with Crippen molar-refractivity contribution in [2.45, 2.75) is 44.9 Å². The first-order valence-electron chi connectivity index (χ1n) is 14.7. The summed E-state index contributed by atoms with van der Waals surface area (Å²) in [5.41, 5.74) is 5.26. The average molecular weight is 586 g/mol. The Morgan fingerprint density at radius 2 is 1.95 bits per heavy atom. The summed E-state index contributed by atoms with van der Waals surface area (Å²) in [7, 11) is 1.63. The van der Waals surface area contributed by atoms with Crippen molar-refractivity contribution in [2.24, 2.45) is 0 Å². The van der Waals surface area contributed by atoms with Crippen LogP contribution >= 0.6 is 0 Å². The highest BCUT2D eigenvalue weighted by Gasteiger charge is 2.26. The van der Waals surface area contributed by atoms with Crippen molar-refractivity contribution < 1.29 is 24.2 Å². The Labute approximate surface area is 251 Å². The number of aromatic amines is 1. The highest BCUT2D eigenvalue weighted by Crippen LogP contribution is 2.31. The maximum absolute atomic E-state index is 13.2. The highest BCUT2D eigenvalue weighted by molar-refractivity contribution is 5.89. The van der Waals surface area contributed by atoms with E-state index < -0.39 is 18.1 Å². The Balaban J connectivity index is 1.43. The zero-order valence-electron chi connectivity index (χ0n) is 24.6. The minimum absolute atomic E-state index is 0.0519. The van der Waals surface area contributed by atoms with E-state index in [-0.39, 0.29) is 12.5 Å². The number of hydrogen-bond donors (Lipinski definition) is 4. The molecule has 2 bridgehead atoms. The molecule has 3 heterocycles. The number of carbonyl (C=O) groups is 2. The van der Waals surface area contributed by atoms with E-state index >= 15 is 0 Å². The molecule has 4 N–H and O–H groups in total. The summed E-state index contributed by atoms with van der Waals surface area (Å²) in [5, 5.41) is 17.2. The molecule has 10 heteroatoms. The van der Waals surface area contributed by atoms with Crippen molar-refractivity contribution in [2.75, 3.05) is 33.4 Å². The number of para-hydroxylation sites is 1. The first-order chi connectivity index (χ1) is 20.9. The number of aliphatic hydroxyl groups is 1. The predicted molar refractivity (Wildman–Crippen MR) is 164 cm³/mol. The van der Waals surface area contributed by atoms with Gasteiger partial charge in [0.1, 0.15) is 6.04 Å². The molecule has 43 heavy (non-hydrogen) atoms. The van der Waals surface area contributed by atoms with Gasteiger partial charge in [-0.25, -0.2) is 0 Å². The van der Waals surface area contributed by atoms with E-state index in [1.807, 2.05) is 53.4 Å². The molecule has 0 saturated carbocycles. The van der Waals surface area contributed by atoms with Crippen LogP contribution in [0, 0.1) is 0 Å². The molecule has 0 fully saturated rings. The van der Waals surface area contributed by atoms with Gasteiger partial charge in [-0.1, -0.05) is 24.3 Å². The third-order valence-electron chi connectivity index (χ3n) is 7.67. The topological polar surface area (TPSA) is 129 Å². The first kappa shape index (κ1) is 30.1. The number of nitrogens with zero attached hydrogens (tertiary/aromatic N) is 2. The molecule has 2 aromatic carbocycles. The Bertz CT molecular complexity index is 1540. The molecule has 4 aromatic rings. The molecular weight excluding hydrogens is 546 g/mol. The lowest BCUT2D eigenvalue weighted by Gasteiger charge is -2.25. The van der Waals surface area contributed by atoms with Crippen LogP contribution in [0.5, 0.6) is 11.5 Å². The molecule has 2 aromatic heterocycles. The number of aliphatic hydroxyl groups excluding tert-OH is 1. The first-order valence-corrected chi connectivity index (χ1v) is 14.7. The van der Waals surface area contributed by atoms with E-state index in [0.29, 0.717) is 57.0 Å². The normalized spacial score (nSPS) is 18.3.